The maximum atomic E-state index is 12.6. The summed E-state index contributed by atoms with van der Waals surface area (Å²) in [5, 5.41) is 2.52. The molecule has 0 radical (unpaired) electrons. The Labute approximate surface area is 160 Å². The quantitative estimate of drug-likeness (QED) is 0.357. The van der Waals surface area contributed by atoms with Gasteiger partial charge in [-0.05, 0) is 35.9 Å². The molecule has 0 unspecified atom stereocenters. The number of rotatable bonds is 6. The van der Waals surface area contributed by atoms with Gasteiger partial charge in [0.25, 0.3) is 5.91 Å². The minimum Gasteiger partial charge on any atom is -0.481 e. The number of esters is 1. The van der Waals surface area contributed by atoms with E-state index in [9.17, 15) is 14.4 Å². The number of imide groups is 1. The summed E-state index contributed by atoms with van der Waals surface area (Å²) < 4.78 is 15.2. The van der Waals surface area contributed by atoms with Gasteiger partial charge in [-0.2, -0.15) is 0 Å². The van der Waals surface area contributed by atoms with Crippen molar-refractivity contribution in [1.29, 1.82) is 0 Å². The monoisotopic (exact) mass is 380 g/mol. The first-order chi connectivity index (χ1) is 13.5. The van der Waals surface area contributed by atoms with Gasteiger partial charge in [-0.25, -0.2) is 9.59 Å². The van der Waals surface area contributed by atoms with Crippen molar-refractivity contribution in [2.45, 2.75) is 6.54 Å². The van der Waals surface area contributed by atoms with Crippen molar-refractivity contribution in [2.24, 2.45) is 0 Å². The van der Waals surface area contributed by atoms with E-state index < -0.39 is 17.9 Å². The highest BCUT2D eigenvalue weighted by atomic mass is 16.5. The molecule has 1 saturated heterocycles. The number of urea groups is 1. The van der Waals surface area contributed by atoms with Gasteiger partial charge in [0.1, 0.15) is 23.8 Å². The summed E-state index contributed by atoms with van der Waals surface area (Å²) in [7, 11) is 1.23. The highest BCUT2D eigenvalue weighted by molar-refractivity contribution is 6.13. The maximum Gasteiger partial charge on any atom is 0.373 e. The number of nitrogens with one attached hydrogen (secondary N) is 1. The number of hydrogen-bond donors (Lipinski definition) is 1. The van der Waals surface area contributed by atoms with Crippen LogP contribution in [0.1, 0.15) is 21.9 Å². The lowest BCUT2D eigenvalue weighted by molar-refractivity contribution is -0.123. The Balaban J connectivity index is 1.74. The molecule has 1 aromatic carbocycles. The van der Waals surface area contributed by atoms with E-state index in [1.807, 2.05) is 0 Å². The van der Waals surface area contributed by atoms with E-state index in [2.05, 4.69) is 16.0 Å². The zero-order valence-corrected chi connectivity index (χ0v) is 14.9. The van der Waals surface area contributed by atoms with Gasteiger partial charge in [0, 0.05) is 0 Å². The summed E-state index contributed by atoms with van der Waals surface area (Å²) in [6, 6.07) is 9.25. The van der Waals surface area contributed by atoms with E-state index in [4.69, 9.17) is 15.6 Å². The van der Waals surface area contributed by atoms with E-state index >= 15 is 0 Å². The molecule has 1 aromatic heterocycles. The van der Waals surface area contributed by atoms with Crippen LogP contribution in [0.5, 0.6) is 5.75 Å². The van der Waals surface area contributed by atoms with Gasteiger partial charge in [0.15, 0.2) is 0 Å². The highest BCUT2D eigenvalue weighted by Gasteiger charge is 2.34. The number of furan rings is 1. The molecule has 0 aliphatic carbocycles. The molecule has 2 heterocycles. The van der Waals surface area contributed by atoms with Crippen molar-refractivity contribution in [3.8, 4) is 18.1 Å². The van der Waals surface area contributed by atoms with Crippen LogP contribution in [0.4, 0.5) is 4.79 Å². The molecular weight excluding hydrogens is 364 g/mol. The third-order valence-corrected chi connectivity index (χ3v) is 3.82. The fraction of sp³-hybridized carbons (Fsp3) is 0.150. The van der Waals surface area contributed by atoms with Gasteiger partial charge in [0.2, 0.25) is 5.76 Å². The molecule has 0 spiro atoms. The Hall–Kier alpha value is -3.99. The topological polar surface area (TPSA) is 98.1 Å². The van der Waals surface area contributed by atoms with E-state index in [0.29, 0.717) is 11.3 Å². The first kappa shape index (κ1) is 18.8. The molecule has 1 aliphatic heterocycles. The number of nitrogens with zero attached hydrogens (tertiary/aromatic N) is 1. The first-order valence-corrected chi connectivity index (χ1v) is 8.19. The average molecular weight is 380 g/mol. The van der Waals surface area contributed by atoms with Crippen LogP contribution in [-0.4, -0.2) is 36.5 Å². The molecule has 0 saturated carbocycles. The lowest BCUT2D eigenvalue weighted by Crippen LogP contribution is -2.30. The summed E-state index contributed by atoms with van der Waals surface area (Å²) in [5.41, 5.74) is 0.768. The second-order valence-electron chi connectivity index (χ2n) is 5.70. The van der Waals surface area contributed by atoms with Crippen molar-refractivity contribution in [3.05, 3.63) is 59.2 Å². The van der Waals surface area contributed by atoms with Crippen molar-refractivity contribution in [1.82, 2.24) is 10.2 Å². The van der Waals surface area contributed by atoms with Crippen LogP contribution in [0.15, 0.2) is 46.5 Å². The predicted octanol–water partition coefficient (Wildman–Crippen LogP) is 2.17. The number of hydrogen-bond acceptors (Lipinski definition) is 6. The molecule has 3 rings (SSSR count). The van der Waals surface area contributed by atoms with Crippen LogP contribution in [0, 0.1) is 12.3 Å². The molecule has 0 atom stereocenters. The second-order valence-corrected chi connectivity index (χ2v) is 5.70. The zero-order valence-electron chi connectivity index (χ0n) is 14.9. The third-order valence-electron chi connectivity index (χ3n) is 3.82. The van der Waals surface area contributed by atoms with Crippen LogP contribution in [0.25, 0.3) is 6.08 Å². The van der Waals surface area contributed by atoms with Crippen LogP contribution < -0.4 is 10.1 Å². The van der Waals surface area contributed by atoms with Gasteiger partial charge in [0.05, 0.1) is 13.7 Å². The maximum absolute atomic E-state index is 12.6. The third kappa shape index (κ3) is 4.04. The van der Waals surface area contributed by atoms with Crippen LogP contribution >= 0.6 is 0 Å². The molecule has 1 aliphatic rings. The number of benzene rings is 1. The number of terminal acetylenes is 1. The fourth-order valence-corrected chi connectivity index (χ4v) is 2.53. The molecule has 1 N–H and O–H groups in total. The standard InChI is InChI=1S/C20H16N2O6/c1-3-9-27-14-6-4-5-13(10-14)11-16-18(23)22(20(25)21-16)12-15-7-8-17(28-15)19(24)26-2/h1,4-8,10-11H,9,12H2,2H3,(H,21,25)/b16-11-. The molecule has 2 aromatic rings. The van der Waals surface area contributed by atoms with Crippen molar-refractivity contribution in [2.75, 3.05) is 13.7 Å². The molecule has 1 fully saturated rings. The van der Waals surface area contributed by atoms with Gasteiger partial charge in [-0.15, -0.1) is 6.42 Å². The number of methoxy groups -OCH3 is 1. The van der Waals surface area contributed by atoms with Crippen molar-refractivity contribution < 1.29 is 28.3 Å². The predicted molar refractivity (Wildman–Crippen MR) is 97.9 cm³/mol. The van der Waals surface area contributed by atoms with Crippen LogP contribution in [-0.2, 0) is 16.1 Å². The summed E-state index contributed by atoms with van der Waals surface area (Å²) in [6.07, 6.45) is 6.70. The number of carbonyl (C=O) groups excluding carboxylic acids is 3. The van der Waals surface area contributed by atoms with Crippen LogP contribution in [0.3, 0.4) is 0 Å². The number of amides is 3. The smallest absolute Gasteiger partial charge is 0.373 e. The number of ether oxygens (including phenoxy) is 2. The SMILES string of the molecule is C#CCOc1cccc(/C=C2\NC(=O)N(Cc3ccc(C(=O)OC)o3)C2=O)c1. The molecular formula is C20H16N2O6. The summed E-state index contributed by atoms with van der Waals surface area (Å²) in [6.45, 7) is 0.00446. The Morgan fingerprint density at radius 1 is 1.32 bits per heavy atom. The van der Waals surface area contributed by atoms with Gasteiger partial charge in [-0.1, -0.05) is 18.1 Å². The van der Waals surface area contributed by atoms with Crippen LogP contribution in [0.2, 0.25) is 0 Å². The largest absolute Gasteiger partial charge is 0.481 e. The Morgan fingerprint density at radius 2 is 2.14 bits per heavy atom. The Kier molecular flexibility index (Phi) is 5.46. The molecule has 28 heavy (non-hydrogen) atoms. The molecule has 3 amide bonds. The highest BCUT2D eigenvalue weighted by Crippen LogP contribution is 2.20. The van der Waals surface area contributed by atoms with Crippen molar-refractivity contribution in [3.63, 3.8) is 0 Å². The van der Waals surface area contributed by atoms with E-state index in [-0.39, 0.29) is 30.4 Å². The average Bonchev–Trinajstić information content (AvgIpc) is 3.27. The van der Waals surface area contributed by atoms with Gasteiger partial charge < -0.3 is 19.2 Å². The molecule has 8 nitrogen and oxygen atoms in total. The summed E-state index contributed by atoms with van der Waals surface area (Å²) >= 11 is 0. The van der Waals surface area contributed by atoms with Gasteiger partial charge >= 0.3 is 12.0 Å². The van der Waals surface area contributed by atoms with E-state index in [0.717, 1.165) is 4.90 Å². The normalized spacial score (nSPS) is 14.7. The minimum absolute atomic E-state index is 0.0101. The minimum atomic E-state index is -0.643. The Morgan fingerprint density at radius 3 is 2.89 bits per heavy atom. The van der Waals surface area contributed by atoms with Crippen molar-refractivity contribution >= 4 is 24.0 Å². The van der Waals surface area contributed by atoms with E-state index in [1.54, 1.807) is 24.3 Å². The Bertz CT molecular complexity index is 998. The zero-order chi connectivity index (χ0) is 20.1. The molecule has 0 bridgehead atoms. The summed E-state index contributed by atoms with van der Waals surface area (Å²) in [5.74, 6) is 2.02. The first-order valence-electron chi connectivity index (χ1n) is 8.19. The van der Waals surface area contributed by atoms with Gasteiger partial charge in [-0.3, -0.25) is 9.69 Å². The molecule has 142 valence electrons. The summed E-state index contributed by atoms with van der Waals surface area (Å²) in [4.78, 5) is 37.1. The van der Waals surface area contributed by atoms with E-state index in [1.165, 1.54) is 25.3 Å². The fourth-order valence-electron chi connectivity index (χ4n) is 2.53. The lowest BCUT2D eigenvalue weighted by Gasteiger charge is -2.09. The second kappa shape index (κ2) is 8.14. The lowest BCUT2D eigenvalue weighted by atomic mass is 10.2. The molecule has 8 heteroatoms. The number of carbonyl (C=O) groups is 3.